The Labute approximate surface area is 169 Å². The van der Waals surface area contributed by atoms with Gasteiger partial charge in [-0.05, 0) is 30.7 Å². The van der Waals surface area contributed by atoms with Gasteiger partial charge >= 0.3 is 0 Å². The number of hydrogen-bond donors (Lipinski definition) is 3. The maximum atomic E-state index is 12.9. The fourth-order valence-electron chi connectivity index (χ4n) is 2.98. The zero-order chi connectivity index (χ0) is 18.5. The first-order valence-corrected chi connectivity index (χ1v) is 9.07. The predicted octanol–water partition coefficient (Wildman–Crippen LogP) is 2.62. The molecule has 27 heavy (non-hydrogen) atoms. The Balaban J connectivity index is 0.00000261. The summed E-state index contributed by atoms with van der Waals surface area (Å²) in [5, 5.41) is 13.8. The Hall–Kier alpha value is -2.09. The van der Waals surface area contributed by atoms with Crippen LogP contribution in [0.5, 0.6) is 0 Å². The van der Waals surface area contributed by atoms with E-state index in [0.29, 0.717) is 29.5 Å². The second-order valence-corrected chi connectivity index (χ2v) is 6.67. The van der Waals surface area contributed by atoms with Crippen LogP contribution in [0.4, 0.5) is 5.69 Å². The summed E-state index contributed by atoms with van der Waals surface area (Å²) in [5.41, 5.74) is 2.94. The number of nitrogens with zero attached hydrogens (tertiary/aromatic N) is 2. The Kier molecular flexibility index (Phi) is 7.65. The third-order valence-electron chi connectivity index (χ3n) is 4.25. The minimum Gasteiger partial charge on any atom is -0.328 e. The number of anilines is 1. The molecular weight excluding hydrogens is 389 g/mol. The number of carbonyl (C=O) groups excluding carboxylic acids is 2. The number of carbonyl (C=O) groups is 2. The van der Waals surface area contributed by atoms with E-state index in [1.165, 1.54) is 4.90 Å². The Bertz CT molecular complexity index is 792. The first kappa shape index (κ1) is 21.2. The standard InChI is InChI=1S/C18H22ClN5O2.ClH/c1-2-9-24(11-16(25)21-13-5-3-12(19)4-6-13)18(26)17-14-10-20-8-7-15(14)22-23-17;/h3-6,20H,2,7-11H2,1H3,(H,21,25)(H,22,23);1H. The highest BCUT2D eigenvalue weighted by Crippen LogP contribution is 2.18. The molecule has 7 nitrogen and oxygen atoms in total. The van der Waals surface area contributed by atoms with Gasteiger partial charge in [0.05, 0.1) is 0 Å². The molecule has 0 bridgehead atoms. The van der Waals surface area contributed by atoms with Crippen LogP contribution in [-0.2, 0) is 17.8 Å². The van der Waals surface area contributed by atoms with Crippen LogP contribution >= 0.6 is 24.0 Å². The average molecular weight is 412 g/mol. The minimum atomic E-state index is -0.253. The molecule has 2 heterocycles. The summed E-state index contributed by atoms with van der Waals surface area (Å²) in [6.45, 7) is 3.92. The van der Waals surface area contributed by atoms with Gasteiger partial charge in [0.1, 0.15) is 6.54 Å². The maximum absolute atomic E-state index is 12.9. The molecule has 1 aromatic carbocycles. The van der Waals surface area contributed by atoms with Gasteiger partial charge in [-0.25, -0.2) is 0 Å². The largest absolute Gasteiger partial charge is 0.328 e. The number of benzene rings is 1. The number of aromatic amines is 1. The van der Waals surface area contributed by atoms with Crippen molar-refractivity contribution < 1.29 is 9.59 Å². The molecule has 0 atom stereocenters. The Morgan fingerprint density at radius 3 is 2.74 bits per heavy atom. The molecule has 1 aromatic heterocycles. The summed E-state index contributed by atoms with van der Waals surface area (Å²) in [6, 6.07) is 6.86. The first-order chi connectivity index (χ1) is 12.6. The van der Waals surface area contributed by atoms with Crippen LogP contribution in [0.2, 0.25) is 5.02 Å². The number of hydrogen-bond acceptors (Lipinski definition) is 4. The molecule has 0 unspecified atom stereocenters. The highest BCUT2D eigenvalue weighted by Gasteiger charge is 2.26. The number of nitrogens with one attached hydrogen (secondary N) is 3. The third-order valence-corrected chi connectivity index (χ3v) is 4.50. The molecule has 3 N–H and O–H groups in total. The molecule has 146 valence electrons. The normalized spacial score (nSPS) is 12.7. The van der Waals surface area contributed by atoms with Gasteiger partial charge in [0.25, 0.3) is 5.91 Å². The van der Waals surface area contributed by atoms with Crippen molar-refractivity contribution in [3.8, 4) is 0 Å². The van der Waals surface area contributed by atoms with E-state index in [1.54, 1.807) is 24.3 Å². The highest BCUT2D eigenvalue weighted by atomic mass is 35.5. The highest BCUT2D eigenvalue weighted by molar-refractivity contribution is 6.30. The van der Waals surface area contributed by atoms with Crippen molar-refractivity contribution in [2.45, 2.75) is 26.3 Å². The lowest BCUT2D eigenvalue weighted by Gasteiger charge is -2.22. The summed E-state index contributed by atoms with van der Waals surface area (Å²) < 4.78 is 0. The van der Waals surface area contributed by atoms with Crippen molar-refractivity contribution in [1.82, 2.24) is 20.4 Å². The van der Waals surface area contributed by atoms with Crippen LogP contribution in [0.25, 0.3) is 0 Å². The van der Waals surface area contributed by atoms with Crippen molar-refractivity contribution in [3.05, 3.63) is 46.2 Å². The molecule has 0 saturated carbocycles. The lowest BCUT2D eigenvalue weighted by Crippen LogP contribution is -2.39. The molecule has 1 aliphatic heterocycles. The molecule has 2 amide bonds. The van der Waals surface area contributed by atoms with Crippen LogP contribution in [0.15, 0.2) is 24.3 Å². The molecular formula is C18H23Cl2N5O2. The van der Waals surface area contributed by atoms with E-state index in [4.69, 9.17) is 11.6 Å². The topological polar surface area (TPSA) is 90.1 Å². The smallest absolute Gasteiger partial charge is 0.275 e. The number of H-pyrrole nitrogens is 1. The molecule has 9 heteroatoms. The molecule has 0 radical (unpaired) electrons. The summed E-state index contributed by atoms with van der Waals surface area (Å²) in [4.78, 5) is 26.8. The van der Waals surface area contributed by atoms with E-state index in [1.807, 2.05) is 6.92 Å². The van der Waals surface area contributed by atoms with E-state index >= 15 is 0 Å². The maximum Gasteiger partial charge on any atom is 0.275 e. The lowest BCUT2D eigenvalue weighted by atomic mass is 10.1. The van der Waals surface area contributed by atoms with E-state index < -0.39 is 0 Å². The van der Waals surface area contributed by atoms with Crippen molar-refractivity contribution in [3.63, 3.8) is 0 Å². The van der Waals surface area contributed by atoms with E-state index in [2.05, 4.69) is 20.8 Å². The number of fused-ring (bicyclic) bond motifs is 1. The molecule has 0 fully saturated rings. The molecule has 3 rings (SSSR count). The van der Waals surface area contributed by atoms with E-state index in [9.17, 15) is 9.59 Å². The van der Waals surface area contributed by atoms with Gasteiger partial charge in [0.15, 0.2) is 5.69 Å². The van der Waals surface area contributed by atoms with E-state index in [0.717, 1.165) is 30.6 Å². The van der Waals surface area contributed by atoms with Crippen LogP contribution in [-0.4, -0.2) is 46.5 Å². The molecule has 1 aliphatic rings. The summed E-state index contributed by atoms with van der Waals surface area (Å²) in [7, 11) is 0. The number of amides is 2. The van der Waals surface area contributed by atoms with Crippen LogP contribution in [0.3, 0.4) is 0 Å². The SMILES string of the molecule is CCCN(CC(=O)Nc1ccc(Cl)cc1)C(=O)c1n[nH]c2c1CNCC2.Cl. The summed E-state index contributed by atoms with van der Waals surface area (Å²) in [5.74, 6) is -0.476. The molecule has 0 spiro atoms. The van der Waals surface area contributed by atoms with Gasteiger partial charge in [0, 0.05) is 48.0 Å². The van der Waals surface area contributed by atoms with Crippen molar-refractivity contribution >= 4 is 41.5 Å². The van der Waals surface area contributed by atoms with E-state index in [-0.39, 0.29) is 30.8 Å². The van der Waals surface area contributed by atoms with Crippen molar-refractivity contribution in [2.75, 3.05) is 25.0 Å². The lowest BCUT2D eigenvalue weighted by molar-refractivity contribution is -0.116. The van der Waals surface area contributed by atoms with Crippen LogP contribution < -0.4 is 10.6 Å². The summed E-state index contributed by atoms with van der Waals surface area (Å²) >= 11 is 5.85. The van der Waals surface area contributed by atoms with Gasteiger partial charge in [-0.3, -0.25) is 14.7 Å². The molecule has 0 saturated heterocycles. The second kappa shape index (κ2) is 9.73. The zero-order valence-corrected chi connectivity index (χ0v) is 16.6. The third kappa shape index (κ3) is 5.22. The van der Waals surface area contributed by atoms with Gasteiger partial charge in [-0.15, -0.1) is 12.4 Å². The first-order valence-electron chi connectivity index (χ1n) is 8.70. The number of rotatable bonds is 6. The monoisotopic (exact) mass is 411 g/mol. The number of aromatic nitrogens is 2. The van der Waals surface area contributed by atoms with Gasteiger partial charge in [0.2, 0.25) is 5.91 Å². The van der Waals surface area contributed by atoms with Crippen molar-refractivity contribution in [2.24, 2.45) is 0 Å². The Morgan fingerprint density at radius 1 is 1.30 bits per heavy atom. The van der Waals surface area contributed by atoms with Gasteiger partial charge in [-0.1, -0.05) is 18.5 Å². The second-order valence-electron chi connectivity index (χ2n) is 6.24. The zero-order valence-electron chi connectivity index (χ0n) is 15.0. The van der Waals surface area contributed by atoms with Crippen LogP contribution in [0, 0.1) is 0 Å². The van der Waals surface area contributed by atoms with Crippen LogP contribution in [0.1, 0.15) is 35.1 Å². The van der Waals surface area contributed by atoms with Gasteiger partial charge < -0.3 is 15.5 Å². The fourth-order valence-corrected chi connectivity index (χ4v) is 3.11. The summed E-state index contributed by atoms with van der Waals surface area (Å²) in [6.07, 6.45) is 1.57. The quantitative estimate of drug-likeness (QED) is 0.681. The average Bonchev–Trinajstić information content (AvgIpc) is 3.07. The van der Waals surface area contributed by atoms with Crippen molar-refractivity contribution in [1.29, 1.82) is 0 Å². The Morgan fingerprint density at radius 2 is 2.04 bits per heavy atom. The molecule has 0 aliphatic carbocycles. The van der Waals surface area contributed by atoms with Gasteiger partial charge in [-0.2, -0.15) is 5.10 Å². The predicted molar refractivity (Wildman–Crippen MR) is 108 cm³/mol. The number of halogens is 2. The minimum absolute atomic E-state index is 0. The fraction of sp³-hybridized carbons (Fsp3) is 0.389. The molecule has 2 aromatic rings.